The van der Waals surface area contributed by atoms with E-state index in [1.165, 1.54) is 6.33 Å². The summed E-state index contributed by atoms with van der Waals surface area (Å²) in [6.45, 7) is 1.82. The highest BCUT2D eigenvalue weighted by atomic mass is 35.5. The second-order valence-corrected chi connectivity index (χ2v) is 12.2. The molecule has 0 radical (unpaired) electrons. The molecule has 18 heteroatoms. The first-order valence-electron chi connectivity index (χ1n) is 14.9. The van der Waals surface area contributed by atoms with Crippen molar-refractivity contribution < 1.29 is 32.7 Å². The molecule has 48 heavy (non-hydrogen) atoms. The molecule has 0 saturated carbocycles. The number of hydrogen-bond donors (Lipinski definition) is 4. The number of nitrogens with zero attached hydrogens (tertiary/aromatic N) is 7. The van der Waals surface area contributed by atoms with Crippen LogP contribution in [-0.4, -0.2) is 82.1 Å². The number of aromatic nitrogens is 7. The van der Waals surface area contributed by atoms with Crippen molar-refractivity contribution >= 4 is 35.0 Å². The number of benzene rings is 1. The highest BCUT2D eigenvalue weighted by Gasteiger charge is 2.48. The molecule has 1 fully saturated rings. The highest BCUT2D eigenvalue weighted by molar-refractivity contribution is 6.33. The summed E-state index contributed by atoms with van der Waals surface area (Å²) in [5.41, 5.74) is 0.203. The number of halogens is 4. The molecule has 1 saturated heterocycles. The summed E-state index contributed by atoms with van der Waals surface area (Å²) in [7, 11) is 1.75. The number of anilines is 1. The Bertz CT molecular complexity index is 1930. The topological polar surface area (TPSA) is 176 Å². The normalized spacial score (nSPS) is 16.1. The van der Waals surface area contributed by atoms with Gasteiger partial charge in [0.2, 0.25) is 5.91 Å². The van der Waals surface area contributed by atoms with Gasteiger partial charge in [-0.3, -0.25) is 24.2 Å². The Labute approximate surface area is 276 Å². The quantitative estimate of drug-likeness (QED) is 0.224. The average Bonchev–Trinajstić information content (AvgIpc) is 3.60. The summed E-state index contributed by atoms with van der Waals surface area (Å²) >= 11 is 6.00. The van der Waals surface area contributed by atoms with Crippen LogP contribution in [0, 0.1) is 12.3 Å². The number of hydrogen-bond acceptors (Lipinski definition) is 9. The molecule has 1 spiro atoms. The molecule has 2 amide bonds. The third-order valence-corrected chi connectivity index (χ3v) is 9.04. The van der Waals surface area contributed by atoms with Gasteiger partial charge in [0.25, 0.3) is 11.8 Å². The van der Waals surface area contributed by atoms with Gasteiger partial charge in [0, 0.05) is 43.0 Å². The summed E-state index contributed by atoms with van der Waals surface area (Å²) < 4.78 is 40.7. The number of aromatic hydroxyl groups is 1. The number of rotatable bonds is 7. The van der Waals surface area contributed by atoms with Crippen molar-refractivity contribution in [2.24, 2.45) is 12.5 Å². The molecule has 1 aliphatic carbocycles. The van der Waals surface area contributed by atoms with Crippen molar-refractivity contribution in [3.05, 3.63) is 70.2 Å². The van der Waals surface area contributed by atoms with E-state index in [4.69, 9.17) is 11.6 Å². The molecule has 0 atom stereocenters. The van der Waals surface area contributed by atoms with E-state index < -0.39 is 34.9 Å². The van der Waals surface area contributed by atoms with Crippen LogP contribution in [0.2, 0.25) is 5.02 Å². The van der Waals surface area contributed by atoms with Crippen molar-refractivity contribution in [3.8, 4) is 17.1 Å². The molecule has 252 valence electrons. The van der Waals surface area contributed by atoms with E-state index in [2.05, 4.69) is 35.9 Å². The van der Waals surface area contributed by atoms with Gasteiger partial charge >= 0.3 is 6.18 Å². The predicted molar refractivity (Wildman–Crippen MR) is 165 cm³/mol. The van der Waals surface area contributed by atoms with Gasteiger partial charge in [-0.05, 0) is 50.8 Å². The predicted octanol–water partition coefficient (Wildman–Crippen LogP) is 3.93. The lowest BCUT2D eigenvalue weighted by atomic mass is 9.72. The Morgan fingerprint density at radius 1 is 1.12 bits per heavy atom. The number of carbonyl (C=O) groups excluding carboxylic acids is 3. The standard InChI is InChI=1S/C30H30ClF3N10O4/c1-16-25(46)24(37-15-36-16)28(48)43-9-7-29(8-10-43)6-5-21(23(29)27(47)44-40-26(41-44)17-12-38-42(2)14-17)35-13-22(45)39-20-4-3-18(11-19(20)31)30(32,33)34/h3-4,11-12,14-15,35,46H,5-10,13H2,1-2H3,(H,39,45)(H,40,41). The van der Waals surface area contributed by atoms with Gasteiger partial charge in [-0.25, -0.2) is 9.97 Å². The first-order chi connectivity index (χ1) is 22.8. The van der Waals surface area contributed by atoms with Gasteiger partial charge in [-0.2, -0.15) is 18.3 Å². The molecule has 4 aromatic rings. The number of nitrogens with one attached hydrogen (secondary N) is 3. The minimum Gasteiger partial charge on any atom is -0.504 e. The van der Waals surface area contributed by atoms with E-state index in [1.54, 1.807) is 35.9 Å². The Morgan fingerprint density at radius 3 is 2.50 bits per heavy atom. The van der Waals surface area contributed by atoms with E-state index in [0.29, 0.717) is 48.3 Å². The lowest BCUT2D eigenvalue weighted by Gasteiger charge is -2.40. The number of carbonyl (C=O) groups is 3. The first-order valence-corrected chi connectivity index (χ1v) is 15.3. The smallest absolute Gasteiger partial charge is 0.416 e. The van der Waals surface area contributed by atoms with Gasteiger partial charge in [0.15, 0.2) is 17.3 Å². The van der Waals surface area contributed by atoms with Crippen LogP contribution >= 0.6 is 11.6 Å². The van der Waals surface area contributed by atoms with E-state index in [9.17, 15) is 32.7 Å². The number of amides is 2. The summed E-state index contributed by atoms with van der Waals surface area (Å²) in [5, 5.41) is 27.1. The van der Waals surface area contributed by atoms with Crippen molar-refractivity contribution in [1.82, 2.24) is 45.0 Å². The van der Waals surface area contributed by atoms with Crippen LogP contribution in [0.5, 0.6) is 5.75 Å². The van der Waals surface area contributed by atoms with Gasteiger partial charge < -0.3 is 20.6 Å². The van der Waals surface area contributed by atoms with Gasteiger partial charge in [-0.15, -0.1) is 9.90 Å². The molecule has 2 aliphatic rings. The second kappa shape index (κ2) is 12.4. The maximum absolute atomic E-state index is 14.0. The number of alkyl halides is 3. The number of aryl methyl sites for hydroxylation is 2. The third kappa shape index (κ3) is 6.24. The van der Waals surface area contributed by atoms with Crippen LogP contribution in [0.15, 0.2) is 48.2 Å². The molecule has 4 heterocycles. The van der Waals surface area contributed by atoms with Crippen molar-refractivity contribution in [1.29, 1.82) is 0 Å². The molecule has 1 aromatic carbocycles. The Balaban J connectivity index is 1.21. The van der Waals surface area contributed by atoms with Crippen LogP contribution in [0.3, 0.4) is 0 Å². The fourth-order valence-corrected chi connectivity index (χ4v) is 6.35. The summed E-state index contributed by atoms with van der Waals surface area (Å²) in [6, 6.07) is 2.63. The van der Waals surface area contributed by atoms with Crippen LogP contribution in [0.25, 0.3) is 11.4 Å². The zero-order valence-electron chi connectivity index (χ0n) is 25.7. The van der Waals surface area contributed by atoms with Crippen molar-refractivity contribution in [2.75, 3.05) is 25.0 Å². The van der Waals surface area contributed by atoms with E-state index in [-0.39, 0.29) is 47.5 Å². The number of likely N-dealkylation sites (tertiary alicyclic amines) is 1. The SMILES string of the molecule is Cc1ncnc(C(=O)N2CCC3(CCC(NCC(=O)Nc4ccc(C(F)(F)F)cc4Cl)=C3C(=O)n3nc(-c4cnn(C)c4)[nH]3)CC2)c1O. The number of piperidine rings is 1. The van der Waals surface area contributed by atoms with Crippen LogP contribution in [0.1, 0.15) is 52.2 Å². The van der Waals surface area contributed by atoms with Gasteiger partial charge in [0.05, 0.1) is 40.3 Å². The number of aromatic amines is 1. The monoisotopic (exact) mass is 686 g/mol. The van der Waals surface area contributed by atoms with Gasteiger partial charge in [-0.1, -0.05) is 11.6 Å². The third-order valence-electron chi connectivity index (χ3n) is 8.73. The molecule has 0 unspecified atom stereocenters. The molecule has 1 aliphatic heterocycles. The Morgan fingerprint density at radius 2 is 1.85 bits per heavy atom. The largest absolute Gasteiger partial charge is 0.504 e. The lowest BCUT2D eigenvalue weighted by molar-refractivity contribution is -0.137. The zero-order chi connectivity index (χ0) is 34.4. The number of H-pyrrole nitrogens is 1. The van der Waals surface area contributed by atoms with E-state index in [0.717, 1.165) is 23.0 Å². The summed E-state index contributed by atoms with van der Waals surface area (Å²) in [5.74, 6) is -1.30. The highest BCUT2D eigenvalue weighted by Crippen LogP contribution is 2.50. The van der Waals surface area contributed by atoms with E-state index in [1.807, 2.05) is 0 Å². The van der Waals surface area contributed by atoms with Crippen molar-refractivity contribution in [3.63, 3.8) is 0 Å². The Hall–Kier alpha value is -5.19. The molecule has 0 bridgehead atoms. The fourth-order valence-electron chi connectivity index (χ4n) is 6.12. The van der Waals surface area contributed by atoms with Crippen molar-refractivity contribution in [2.45, 2.75) is 38.8 Å². The molecule has 6 rings (SSSR count). The van der Waals surface area contributed by atoms with Crippen LogP contribution in [0.4, 0.5) is 18.9 Å². The molecular weight excluding hydrogens is 657 g/mol. The lowest BCUT2D eigenvalue weighted by Crippen LogP contribution is -2.45. The maximum atomic E-state index is 14.0. The van der Waals surface area contributed by atoms with Crippen LogP contribution in [-0.2, 0) is 18.0 Å². The summed E-state index contributed by atoms with van der Waals surface area (Å²) in [4.78, 5) is 50.7. The molecule has 4 N–H and O–H groups in total. The zero-order valence-corrected chi connectivity index (χ0v) is 26.5. The minimum atomic E-state index is -4.59. The second-order valence-electron chi connectivity index (χ2n) is 11.8. The Kier molecular flexibility index (Phi) is 8.49. The first kappa shape index (κ1) is 32.7. The van der Waals surface area contributed by atoms with Crippen LogP contribution < -0.4 is 10.6 Å². The fraction of sp³-hybridized carbons (Fsp3) is 0.367. The molecule has 3 aromatic heterocycles. The molecule has 14 nitrogen and oxygen atoms in total. The average molecular weight is 687 g/mol. The number of allylic oxidation sites excluding steroid dienone is 2. The maximum Gasteiger partial charge on any atom is 0.416 e. The molecular formula is C30H30ClF3N10O4. The minimum absolute atomic E-state index is 0.00800. The summed E-state index contributed by atoms with van der Waals surface area (Å²) in [6.07, 6.45) is 1.76. The van der Waals surface area contributed by atoms with E-state index >= 15 is 0 Å². The van der Waals surface area contributed by atoms with Gasteiger partial charge in [0.1, 0.15) is 6.33 Å².